The fourth-order valence-corrected chi connectivity index (χ4v) is 2.69. The van der Waals surface area contributed by atoms with Crippen LogP contribution in [0.2, 0.25) is 0 Å². The minimum Gasteiger partial charge on any atom is -0.508 e. The third-order valence-corrected chi connectivity index (χ3v) is 4.06. The Morgan fingerprint density at radius 3 is 2.42 bits per heavy atom. The zero-order valence-electron chi connectivity index (χ0n) is 17.9. The highest BCUT2D eigenvalue weighted by atomic mass is 16.7. The van der Waals surface area contributed by atoms with Crippen LogP contribution in [0.1, 0.15) is 39.2 Å². The third-order valence-electron chi connectivity index (χ3n) is 4.06. The van der Waals surface area contributed by atoms with E-state index in [1.165, 1.54) is 17.0 Å². The molecular formula is C19H30N6O6. The summed E-state index contributed by atoms with van der Waals surface area (Å²) >= 11 is 0. The fourth-order valence-electron chi connectivity index (χ4n) is 2.69. The van der Waals surface area contributed by atoms with Crippen molar-refractivity contribution in [2.24, 2.45) is 16.6 Å². The number of nitro groups is 1. The Labute approximate surface area is 180 Å². The molecule has 0 aliphatic rings. The van der Waals surface area contributed by atoms with Crippen molar-refractivity contribution in [1.29, 1.82) is 0 Å². The Hall–Kier alpha value is -3.57. The zero-order valence-corrected chi connectivity index (χ0v) is 17.9. The largest absolute Gasteiger partial charge is 0.508 e. The number of nitrogens with one attached hydrogen (secondary N) is 1. The van der Waals surface area contributed by atoms with Gasteiger partial charge in [-0.05, 0) is 57.7 Å². The Kier molecular flexibility index (Phi) is 9.51. The Balaban J connectivity index is 2.88. The van der Waals surface area contributed by atoms with Crippen LogP contribution in [-0.2, 0) is 16.0 Å². The molecule has 1 atom stereocenters. The number of carbonyl (C=O) groups is 2. The van der Waals surface area contributed by atoms with Crippen molar-refractivity contribution in [2.75, 3.05) is 13.1 Å². The number of ether oxygens (including phenoxy) is 1. The predicted octanol–water partition coefficient (Wildman–Crippen LogP) is 0.902. The quantitative estimate of drug-likeness (QED) is 0.136. The molecule has 0 saturated carbocycles. The number of hydrazone groups is 1. The van der Waals surface area contributed by atoms with E-state index >= 15 is 0 Å². The number of primary amides is 1. The van der Waals surface area contributed by atoms with E-state index in [9.17, 15) is 24.8 Å². The van der Waals surface area contributed by atoms with E-state index in [-0.39, 0.29) is 31.2 Å². The van der Waals surface area contributed by atoms with E-state index in [2.05, 4.69) is 10.4 Å². The lowest BCUT2D eigenvalue weighted by Crippen LogP contribution is -2.50. The molecule has 6 N–H and O–H groups in total. The SMILES string of the molecule is CC(C)(C)OC(=O)N(CCc1ccc(O)cc1)[C@H](CCCNC(N)=N[N+](=O)[O-])C(N)=O. The van der Waals surface area contributed by atoms with Gasteiger partial charge in [-0.1, -0.05) is 12.1 Å². The molecule has 31 heavy (non-hydrogen) atoms. The van der Waals surface area contributed by atoms with Crippen LogP contribution in [0.4, 0.5) is 4.79 Å². The monoisotopic (exact) mass is 438 g/mol. The molecule has 0 aliphatic carbocycles. The molecule has 1 rings (SSSR count). The number of amides is 2. The van der Waals surface area contributed by atoms with Gasteiger partial charge in [0.2, 0.25) is 5.91 Å². The lowest BCUT2D eigenvalue weighted by Gasteiger charge is -2.32. The van der Waals surface area contributed by atoms with Crippen LogP contribution in [0.25, 0.3) is 0 Å². The van der Waals surface area contributed by atoms with Gasteiger partial charge in [-0.2, -0.15) is 0 Å². The number of guanidine groups is 1. The van der Waals surface area contributed by atoms with E-state index in [1.807, 2.05) is 0 Å². The van der Waals surface area contributed by atoms with Gasteiger partial charge in [-0.15, -0.1) is 0 Å². The second-order valence-electron chi connectivity index (χ2n) is 7.80. The Bertz CT molecular complexity index is 790. The van der Waals surface area contributed by atoms with Crippen LogP contribution in [0.15, 0.2) is 29.4 Å². The van der Waals surface area contributed by atoms with Crippen molar-refractivity contribution in [1.82, 2.24) is 10.2 Å². The molecule has 0 saturated heterocycles. The first-order chi connectivity index (χ1) is 14.4. The third kappa shape index (κ3) is 10.1. The van der Waals surface area contributed by atoms with Gasteiger partial charge in [0, 0.05) is 13.1 Å². The normalized spacial score (nSPS) is 12.7. The number of phenolic OH excluding ortho intramolecular Hbond substituents is 1. The summed E-state index contributed by atoms with van der Waals surface area (Å²) in [6.45, 7) is 5.48. The predicted molar refractivity (Wildman–Crippen MR) is 114 cm³/mol. The first-order valence-electron chi connectivity index (χ1n) is 9.68. The maximum atomic E-state index is 12.8. The molecule has 2 amide bonds. The summed E-state index contributed by atoms with van der Waals surface area (Å²) in [5, 5.41) is 24.2. The number of carbonyl (C=O) groups excluding carboxylic acids is 2. The molecule has 0 radical (unpaired) electrons. The van der Waals surface area contributed by atoms with Crippen molar-refractivity contribution in [3.05, 3.63) is 39.9 Å². The summed E-state index contributed by atoms with van der Waals surface area (Å²) in [4.78, 5) is 36.5. The van der Waals surface area contributed by atoms with Crippen LogP contribution in [0.5, 0.6) is 5.75 Å². The molecule has 0 bridgehead atoms. The highest BCUT2D eigenvalue weighted by molar-refractivity contribution is 5.84. The van der Waals surface area contributed by atoms with Crippen molar-refractivity contribution in [3.63, 3.8) is 0 Å². The highest BCUT2D eigenvalue weighted by Gasteiger charge is 2.31. The first-order valence-corrected chi connectivity index (χ1v) is 9.68. The maximum absolute atomic E-state index is 12.8. The van der Waals surface area contributed by atoms with Gasteiger partial charge >= 0.3 is 6.09 Å². The lowest BCUT2D eigenvalue weighted by molar-refractivity contribution is -0.485. The number of phenols is 1. The minimum absolute atomic E-state index is 0.121. The molecule has 12 nitrogen and oxygen atoms in total. The van der Waals surface area contributed by atoms with Gasteiger partial charge < -0.3 is 26.6 Å². The second kappa shape index (κ2) is 11.6. The van der Waals surface area contributed by atoms with E-state index in [4.69, 9.17) is 16.2 Å². The summed E-state index contributed by atoms with van der Waals surface area (Å²) in [5.74, 6) is -0.949. The number of rotatable bonds is 10. The smallest absolute Gasteiger partial charge is 0.410 e. The molecule has 0 spiro atoms. The topological polar surface area (TPSA) is 186 Å². The summed E-state index contributed by atoms with van der Waals surface area (Å²) in [7, 11) is 0. The first kappa shape index (κ1) is 25.5. The lowest BCUT2D eigenvalue weighted by atomic mass is 10.1. The summed E-state index contributed by atoms with van der Waals surface area (Å²) < 4.78 is 5.44. The highest BCUT2D eigenvalue weighted by Crippen LogP contribution is 2.17. The van der Waals surface area contributed by atoms with E-state index in [1.54, 1.807) is 32.9 Å². The Morgan fingerprint density at radius 2 is 1.90 bits per heavy atom. The summed E-state index contributed by atoms with van der Waals surface area (Å²) in [6, 6.07) is 5.53. The summed E-state index contributed by atoms with van der Waals surface area (Å²) in [5.41, 5.74) is 11.0. The van der Waals surface area contributed by atoms with E-state index < -0.39 is 28.7 Å². The molecule has 0 aliphatic heterocycles. The van der Waals surface area contributed by atoms with E-state index in [0.717, 1.165) is 5.56 Å². The van der Waals surface area contributed by atoms with Crippen LogP contribution < -0.4 is 16.8 Å². The molecule has 0 aromatic heterocycles. The molecule has 172 valence electrons. The number of hydrogen-bond acceptors (Lipinski definition) is 6. The summed E-state index contributed by atoms with van der Waals surface area (Å²) in [6.07, 6.45) is 0.241. The van der Waals surface area contributed by atoms with Crippen molar-refractivity contribution in [3.8, 4) is 5.75 Å². The molecule has 0 fully saturated rings. The Morgan fingerprint density at radius 1 is 1.29 bits per heavy atom. The van der Waals surface area contributed by atoms with Crippen molar-refractivity contribution < 1.29 is 24.5 Å². The van der Waals surface area contributed by atoms with Gasteiger partial charge in [-0.25, -0.2) is 14.9 Å². The number of aromatic hydroxyl groups is 1. The molecule has 0 unspecified atom stereocenters. The molecular weight excluding hydrogens is 408 g/mol. The fraction of sp³-hybridized carbons (Fsp3) is 0.526. The van der Waals surface area contributed by atoms with Crippen LogP contribution in [-0.4, -0.2) is 57.7 Å². The van der Waals surface area contributed by atoms with Gasteiger partial charge in [-0.3, -0.25) is 9.69 Å². The molecule has 12 heteroatoms. The van der Waals surface area contributed by atoms with Gasteiger partial charge in [0.05, 0.1) is 0 Å². The molecule has 0 heterocycles. The van der Waals surface area contributed by atoms with Crippen molar-refractivity contribution in [2.45, 2.75) is 51.7 Å². The van der Waals surface area contributed by atoms with Crippen molar-refractivity contribution >= 4 is 18.0 Å². The number of nitrogens with zero attached hydrogens (tertiary/aromatic N) is 3. The van der Waals surface area contributed by atoms with Gasteiger partial charge in [0.15, 0.2) is 5.03 Å². The van der Waals surface area contributed by atoms with Gasteiger partial charge in [0.1, 0.15) is 22.5 Å². The van der Waals surface area contributed by atoms with Crippen LogP contribution >= 0.6 is 0 Å². The number of benzene rings is 1. The van der Waals surface area contributed by atoms with Crippen LogP contribution in [0, 0.1) is 10.1 Å². The number of hydrogen-bond donors (Lipinski definition) is 4. The average Bonchev–Trinajstić information content (AvgIpc) is 2.62. The van der Waals surface area contributed by atoms with E-state index in [0.29, 0.717) is 12.8 Å². The van der Waals surface area contributed by atoms with Crippen LogP contribution in [0.3, 0.4) is 0 Å². The molecule has 1 aromatic rings. The molecule has 1 aromatic carbocycles. The standard InChI is InChI=1S/C19H30N6O6/c1-19(2,3)31-18(28)24(12-10-13-6-8-14(26)9-7-13)15(16(20)27)5-4-11-22-17(21)23-25(29)30/h6-9,15,26H,4-5,10-12H2,1-3H3,(H2,20,27)(H3,21,22,23)/t15-/m1/s1. The zero-order chi connectivity index (χ0) is 23.6. The minimum atomic E-state index is -0.956. The number of nitrogens with two attached hydrogens (primary N) is 2. The maximum Gasteiger partial charge on any atom is 0.410 e. The van der Waals surface area contributed by atoms with Gasteiger partial charge in [0.25, 0.3) is 5.96 Å². The average molecular weight is 438 g/mol. The second-order valence-corrected chi connectivity index (χ2v) is 7.80.